The average Bonchev–Trinajstić information content (AvgIpc) is 2.82. The number of carbonyl (C=O) groups excluding carboxylic acids is 2. The van der Waals surface area contributed by atoms with Gasteiger partial charge in [-0.3, -0.25) is 14.6 Å². The monoisotopic (exact) mass is 424 g/mol. The highest BCUT2D eigenvalue weighted by Gasteiger charge is 2.24. The van der Waals surface area contributed by atoms with Crippen LogP contribution in [0.15, 0.2) is 48.9 Å². The molecule has 0 bridgehead atoms. The first-order valence-electron chi connectivity index (χ1n) is 11.0. The number of ether oxygens (including phenoxy) is 1. The number of piperidine rings is 1. The summed E-state index contributed by atoms with van der Waals surface area (Å²) in [6, 6.07) is 10.5. The topological polar surface area (TPSA) is 75.6 Å². The first kappa shape index (κ1) is 22.9. The lowest BCUT2D eigenvalue weighted by Crippen LogP contribution is -2.41. The van der Waals surface area contributed by atoms with E-state index >= 15 is 0 Å². The van der Waals surface area contributed by atoms with Crippen LogP contribution in [-0.2, 0) is 16.0 Å². The van der Waals surface area contributed by atoms with E-state index in [1.54, 1.807) is 12.0 Å². The second kappa shape index (κ2) is 12.2. The van der Waals surface area contributed by atoms with Gasteiger partial charge < -0.3 is 14.5 Å². The molecule has 7 nitrogen and oxygen atoms in total. The van der Waals surface area contributed by atoms with Crippen LogP contribution >= 0.6 is 0 Å². The maximum atomic E-state index is 12.8. The fraction of sp³-hybridized carbons (Fsp3) is 0.500. The summed E-state index contributed by atoms with van der Waals surface area (Å²) in [6.07, 6.45) is 8.66. The van der Waals surface area contributed by atoms with Crippen LogP contribution < -0.4 is 0 Å². The van der Waals surface area contributed by atoms with E-state index in [1.165, 1.54) is 24.2 Å². The third-order valence-corrected chi connectivity index (χ3v) is 5.78. The van der Waals surface area contributed by atoms with Crippen molar-refractivity contribution in [1.29, 1.82) is 0 Å². The largest absolute Gasteiger partial charge is 0.385 e. The molecule has 0 radical (unpaired) electrons. The Labute approximate surface area is 184 Å². The van der Waals surface area contributed by atoms with E-state index in [-0.39, 0.29) is 11.8 Å². The normalized spacial score (nSPS) is 14.4. The van der Waals surface area contributed by atoms with Crippen molar-refractivity contribution in [2.45, 2.75) is 32.1 Å². The standard InChI is InChI=1S/C24H32N4O3/c1-31-17-5-13-28(24(30)22-19-25-11-12-26-22)16-10-23(29)27-14-8-21(9-15-27)18-20-6-3-2-4-7-20/h2-4,6-7,11-12,19,21H,5,8-10,13-18H2,1H3. The summed E-state index contributed by atoms with van der Waals surface area (Å²) in [5, 5.41) is 0. The van der Waals surface area contributed by atoms with E-state index in [9.17, 15) is 9.59 Å². The van der Waals surface area contributed by atoms with Crippen LogP contribution in [0.3, 0.4) is 0 Å². The van der Waals surface area contributed by atoms with Crippen molar-refractivity contribution in [1.82, 2.24) is 19.8 Å². The minimum atomic E-state index is -0.196. The van der Waals surface area contributed by atoms with Crippen LogP contribution in [0.4, 0.5) is 0 Å². The first-order chi connectivity index (χ1) is 15.2. The lowest BCUT2D eigenvalue weighted by atomic mass is 9.90. The summed E-state index contributed by atoms with van der Waals surface area (Å²) in [7, 11) is 1.64. The predicted molar refractivity (Wildman–Crippen MR) is 118 cm³/mol. The Morgan fingerprint density at radius 2 is 1.90 bits per heavy atom. The second-order valence-electron chi connectivity index (χ2n) is 7.99. The quantitative estimate of drug-likeness (QED) is 0.548. The van der Waals surface area contributed by atoms with Crippen molar-refractivity contribution in [3.63, 3.8) is 0 Å². The molecule has 2 heterocycles. The van der Waals surface area contributed by atoms with Gasteiger partial charge in [-0.15, -0.1) is 0 Å². The van der Waals surface area contributed by atoms with E-state index < -0.39 is 0 Å². The Morgan fingerprint density at radius 3 is 2.58 bits per heavy atom. The van der Waals surface area contributed by atoms with Gasteiger partial charge in [-0.05, 0) is 37.2 Å². The number of nitrogens with zero attached hydrogens (tertiary/aromatic N) is 4. The molecular weight excluding hydrogens is 392 g/mol. The number of likely N-dealkylation sites (tertiary alicyclic amines) is 1. The minimum Gasteiger partial charge on any atom is -0.385 e. The van der Waals surface area contributed by atoms with Gasteiger partial charge >= 0.3 is 0 Å². The van der Waals surface area contributed by atoms with E-state index in [1.807, 2.05) is 11.0 Å². The van der Waals surface area contributed by atoms with E-state index in [0.29, 0.717) is 44.1 Å². The van der Waals surface area contributed by atoms with Crippen LogP contribution in [0.1, 0.15) is 41.7 Å². The van der Waals surface area contributed by atoms with Gasteiger partial charge in [0.05, 0.1) is 6.20 Å². The summed E-state index contributed by atoms with van der Waals surface area (Å²) < 4.78 is 5.11. The van der Waals surface area contributed by atoms with Crippen molar-refractivity contribution < 1.29 is 14.3 Å². The van der Waals surface area contributed by atoms with Crippen LogP contribution in [0.25, 0.3) is 0 Å². The van der Waals surface area contributed by atoms with E-state index in [0.717, 1.165) is 32.4 Å². The number of rotatable bonds is 10. The number of benzene rings is 1. The molecule has 2 aromatic rings. The molecular formula is C24H32N4O3. The molecule has 31 heavy (non-hydrogen) atoms. The maximum Gasteiger partial charge on any atom is 0.274 e. The Kier molecular flexibility index (Phi) is 8.97. The van der Waals surface area contributed by atoms with Gasteiger partial charge in [0, 0.05) is 58.7 Å². The number of methoxy groups -OCH3 is 1. The Morgan fingerprint density at radius 1 is 1.13 bits per heavy atom. The molecule has 0 atom stereocenters. The van der Waals surface area contributed by atoms with Crippen LogP contribution in [0.2, 0.25) is 0 Å². The minimum absolute atomic E-state index is 0.113. The molecule has 0 N–H and O–H groups in total. The molecule has 166 valence electrons. The molecule has 3 rings (SSSR count). The second-order valence-corrected chi connectivity index (χ2v) is 7.99. The highest BCUT2D eigenvalue weighted by atomic mass is 16.5. The summed E-state index contributed by atoms with van der Waals surface area (Å²) in [4.78, 5) is 37.3. The zero-order valence-corrected chi connectivity index (χ0v) is 18.3. The number of carbonyl (C=O) groups is 2. The molecule has 1 aliphatic rings. The fourth-order valence-electron chi connectivity index (χ4n) is 4.01. The van der Waals surface area contributed by atoms with Gasteiger partial charge in [0.2, 0.25) is 5.91 Å². The molecule has 0 unspecified atom stereocenters. The number of hydrogen-bond donors (Lipinski definition) is 0. The van der Waals surface area contributed by atoms with Crippen molar-refractivity contribution in [3.8, 4) is 0 Å². The molecule has 1 aromatic heterocycles. The van der Waals surface area contributed by atoms with Gasteiger partial charge in [-0.1, -0.05) is 30.3 Å². The van der Waals surface area contributed by atoms with E-state index in [2.05, 4.69) is 34.2 Å². The molecule has 1 fully saturated rings. The summed E-state index contributed by atoms with van der Waals surface area (Å²) in [6.45, 7) is 3.04. The Balaban J connectivity index is 1.48. The van der Waals surface area contributed by atoms with E-state index in [4.69, 9.17) is 4.74 Å². The molecule has 0 saturated carbocycles. The van der Waals surface area contributed by atoms with Crippen molar-refractivity contribution in [2.75, 3.05) is 39.9 Å². The number of hydrogen-bond acceptors (Lipinski definition) is 5. The molecule has 0 aliphatic carbocycles. The molecule has 2 amide bonds. The molecule has 1 aromatic carbocycles. The highest BCUT2D eigenvalue weighted by Crippen LogP contribution is 2.22. The summed E-state index contributed by atoms with van der Waals surface area (Å²) in [5.41, 5.74) is 1.66. The van der Waals surface area contributed by atoms with Gasteiger partial charge in [-0.2, -0.15) is 0 Å². The molecule has 1 saturated heterocycles. The number of amides is 2. The van der Waals surface area contributed by atoms with Crippen molar-refractivity contribution >= 4 is 11.8 Å². The SMILES string of the molecule is COCCCN(CCC(=O)N1CCC(Cc2ccccc2)CC1)C(=O)c1cnccn1. The van der Waals surface area contributed by atoms with Crippen LogP contribution in [0, 0.1) is 5.92 Å². The first-order valence-corrected chi connectivity index (χ1v) is 11.0. The Hall–Kier alpha value is -2.80. The smallest absolute Gasteiger partial charge is 0.274 e. The molecule has 0 spiro atoms. The van der Waals surface area contributed by atoms with Crippen molar-refractivity contribution in [2.24, 2.45) is 5.92 Å². The third-order valence-electron chi connectivity index (χ3n) is 5.78. The van der Waals surface area contributed by atoms with Gasteiger partial charge in [0.1, 0.15) is 5.69 Å². The number of aromatic nitrogens is 2. The third kappa shape index (κ3) is 7.14. The fourth-order valence-corrected chi connectivity index (χ4v) is 4.01. The van der Waals surface area contributed by atoms with Gasteiger partial charge in [0.15, 0.2) is 0 Å². The summed E-state index contributed by atoms with van der Waals surface area (Å²) in [5.74, 6) is 0.538. The average molecular weight is 425 g/mol. The zero-order chi connectivity index (χ0) is 21.9. The summed E-state index contributed by atoms with van der Waals surface area (Å²) >= 11 is 0. The predicted octanol–water partition coefficient (Wildman–Crippen LogP) is 2.83. The lowest BCUT2D eigenvalue weighted by molar-refractivity contribution is -0.132. The van der Waals surface area contributed by atoms with Crippen LogP contribution in [-0.4, -0.2) is 71.5 Å². The Bertz CT molecular complexity index is 808. The van der Waals surface area contributed by atoms with Crippen LogP contribution in [0.5, 0.6) is 0 Å². The molecule has 7 heteroatoms. The molecule has 1 aliphatic heterocycles. The maximum absolute atomic E-state index is 12.8. The lowest BCUT2D eigenvalue weighted by Gasteiger charge is -2.33. The van der Waals surface area contributed by atoms with Gasteiger partial charge in [-0.25, -0.2) is 4.98 Å². The zero-order valence-electron chi connectivity index (χ0n) is 18.3. The van der Waals surface area contributed by atoms with Gasteiger partial charge in [0.25, 0.3) is 5.91 Å². The highest BCUT2D eigenvalue weighted by molar-refractivity contribution is 5.92. The van der Waals surface area contributed by atoms with Crippen molar-refractivity contribution in [3.05, 3.63) is 60.2 Å².